The third-order valence-electron chi connectivity index (χ3n) is 4.67. The minimum atomic E-state index is -0.517. The average Bonchev–Trinajstić information content (AvgIpc) is 3.34. The summed E-state index contributed by atoms with van der Waals surface area (Å²) in [5.74, 6) is 0. The van der Waals surface area contributed by atoms with E-state index in [1.165, 1.54) is 9.13 Å². The molecule has 0 amide bonds. The van der Waals surface area contributed by atoms with Crippen molar-refractivity contribution in [2.24, 2.45) is 0 Å². The molecule has 0 spiro atoms. The molecule has 2 heterocycles. The lowest BCUT2D eigenvalue weighted by Crippen LogP contribution is -2.26. The molecule has 0 aliphatic rings. The first kappa shape index (κ1) is 28.6. The van der Waals surface area contributed by atoms with Crippen LogP contribution in [0.25, 0.3) is 21.8 Å². The van der Waals surface area contributed by atoms with Gasteiger partial charge in [0.05, 0.1) is 21.1 Å². The van der Waals surface area contributed by atoms with Crippen molar-refractivity contribution in [1.82, 2.24) is 9.13 Å². The summed E-state index contributed by atoms with van der Waals surface area (Å²) in [5.41, 5.74) is 0.496. The van der Waals surface area contributed by atoms with Crippen LogP contribution in [0, 0.1) is 0 Å². The lowest BCUT2D eigenvalue weighted by atomic mass is 10.2. The number of halogens is 4. The summed E-state index contributed by atoms with van der Waals surface area (Å²) >= 11 is 18.8. The molecule has 0 atom stereocenters. The topological polar surface area (TPSA) is 62.5 Å². The summed E-state index contributed by atoms with van der Waals surface area (Å²) < 4.78 is 15.2. The molecule has 0 unspecified atom stereocenters. The van der Waals surface area contributed by atoms with Crippen molar-refractivity contribution >= 4 is 89.1 Å². The van der Waals surface area contributed by atoms with E-state index in [-0.39, 0.29) is 0 Å². The maximum atomic E-state index is 12.0. The Morgan fingerprint density at radius 2 is 1.28 bits per heavy atom. The first-order valence-electron chi connectivity index (χ1n) is 11.0. The van der Waals surface area contributed by atoms with E-state index >= 15 is 0 Å². The quantitative estimate of drug-likeness (QED) is 0.188. The highest BCUT2D eigenvalue weighted by molar-refractivity contribution is 9.11. The van der Waals surface area contributed by atoms with E-state index in [0.717, 1.165) is 30.8 Å². The highest BCUT2D eigenvalue weighted by Crippen LogP contribution is 2.32. The molecule has 0 fully saturated rings. The van der Waals surface area contributed by atoms with Crippen molar-refractivity contribution in [2.75, 3.05) is 0 Å². The van der Waals surface area contributed by atoms with Crippen molar-refractivity contribution in [1.29, 1.82) is 0 Å². The molecule has 2 aromatic heterocycles. The molecular weight excluding hydrogens is 635 g/mol. The number of hydrogen-bond donors (Lipinski definition) is 0. The summed E-state index contributed by atoms with van der Waals surface area (Å²) in [6.07, 6.45) is 2.57. The van der Waals surface area contributed by atoms with E-state index in [4.69, 9.17) is 32.7 Å². The molecule has 2 aromatic carbocycles. The second-order valence-electron chi connectivity index (χ2n) is 9.95. The smallest absolute Gasteiger partial charge is 0.418 e. The number of carbonyl (C=O) groups is 2. The second kappa shape index (κ2) is 10.8. The maximum absolute atomic E-state index is 12.0. The van der Waals surface area contributed by atoms with Crippen LogP contribution in [0.5, 0.6) is 0 Å². The molecule has 0 N–H and O–H groups in total. The van der Waals surface area contributed by atoms with Crippen molar-refractivity contribution in [3.05, 3.63) is 67.8 Å². The lowest BCUT2D eigenvalue weighted by molar-refractivity contribution is 0.0533. The minimum Gasteiger partial charge on any atom is -0.443 e. The molecule has 6 nitrogen and oxygen atoms in total. The SMILES string of the molecule is CC(C)(C)OC(=O)n1ccc2c(Br)c(Cl)ccc21.CC(C)(C)OC(=O)n1ccc2cc(Cl)c(Br)cc21. The predicted molar refractivity (Wildman–Crippen MR) is 153 cm³/mol. The Hall–Kier alpha value is -2.00. The fourth-order valence-corrected chi connectivity index (χ4v) is 4.36. The van der Waals surface area contributed by atoms with Crippen LogP contribution in [0.2, 0.25) is 10.0 Å². The lowest BCUT2D eigenvalue weighted by Gasteiger charge is -2.19. The molecular formula is C26H26Br2Cl2N2O4. The molecule has 0 saturated heterocycles. The Labute approximate surface area is 236 Å². The van der Waals surface area contributed by atoms with Crippen LogP contribution in [0.3, 0.4) is 0 Å². The zero-order chi connectivity index (χ0) is 27.0. The molecule has 4 rings (SSSR count). The Morgan fingerprint density at radius 3 is 1.83 bits per heavy atom. The Morgan fingerprint density at radius 1 is 0.750 bits per heavy atom. The van der Waals surface area contributed by atoms with Gasteiger partial charge in [-0.1, -0.05) is 23.2 Å². The first-order chi connectivity index (χ1) is 16.6. The van der Waals surface area contributed by atoms with E-state index in [2.05, 4.69) is 31.9 Å². The molecule has 0 radical (unpaired) electrons. The van der Waals surface area contributed by atoms with E-state index in [0.29, 0.717) is 10.0 Å². The largest absolute Gasteiger partial charge is 0.443 e. The van der Waals surface area contributed by atoms with Crippen LogP contribution in [-0.4, -0.2) is 32.5 Å². The fourth-order valence-electron chi connectivity index (χ4n) is 3.22. The molecule has 0 saturated carbocycles. The van der Waals surface area contributed by atoms with E-state index in [9.17, 15) is 9.59 Å². The Bertz CT molecular complexity index is 1420. The standard InChI is InChI=1S/2C13H13BrClNO2/c1-13(2,3)18-12(17)16-5-4-8-6-10(15)9(14)7-11(8)16;1-13(2,3)18-12(17)16-7-6-8-10(16)5-4-9(15)11(8)14/h2*4-7H,1-3H3. The van der Waals surface area contributed by atoms with E-state index in [1.807, 2.05) is 65.8 Å². The normalized spacial score (nSPS) is 11.8. The first-order valence-corrected chi connectivity index (χ1v) is 13.3. The number of aromatic nitrogens is 2. The third kappa shape index (κ3) is 6.85. The van der Waals surface area contributed by atoms with Crippen LogP contribution >= 0.6 is 55.1 Å². The molecule has 0 aliphatic carbocycles. The van der Waals surface area contributed by atoms with Gasteiger partial charge in [-0.05, 0) is 110 Å². The number of nitrogens with zero attached hydrogens (tertiary/aromatic N) is 2. The van der Waals surface area contributed by atoms with E-state index < -0.39 is 23.4 Å². The summed E-state index contributed by atoms with van der Waals surface area (Å²) in [6, 6.07) is 10.8. The predicted octanol–water partition coefficient (Wildman–Crippen LogP) is 9.68. The van der Waals surface area contributed by atoms with Crippen molar-refractivity contribution in [3.63, 3.8) is 0 Å². The number of fused-ring (bicyclic) bond motifs is 2. The van der Waals surface area contributed by atoms with Gasteiger partial charge in [0, 0.05) is 32.1 Å². The van der Waals surface area contributed by atoms with Gasteiger partial charge < -0.3 is 9.47 Å². The zero-order valence-corrected chi connectivity index (χ0v) is 25.3. The van der Waals surface area contributed by atoms with Gasteiger partial charge in [-0.25, -0.2) is 9.59 Å². The van der Waals surface area contributed by atoms with Crippen LogP contribution < -0.4 is 0 Å². The van der Waals surface area contributed by atoms with Gasteiger partial charge in [0.15, 0.2) is 0 Å². The summed E-state index contributed by atoms with van der Waals surface area (Å²) in [6.45, 7) is 11.0. The van der Waals surface area contributed by atoms with Crippen LogP contribution in [0.15, 0.2) is 57.7 Å². The molecule has 192 valence electrons. The summed E-state index contributed by atoms with van der Waals surface area (Å²) in [7, 11) is 0. The van der Waals surface area contributed by atoms with Crippen molar-refractivity contribution in [3.8, 4) is 0 Å². The highest BCUT2D eigenvalue weighted by Gasteiger charge is 2.20. The zero-order valence-electron chi connectivity index (χ0n) is 20.7. The number of carbonyl (C=O) groups excluding carboxylic acids is 2. The molecule has 4 aromatic rings. The molecule has 0 aliphatic heterocycles. The van der Waals surface area contributed by atoms with Gasteiger partial charge in [-0.3, -0.25) is 9.13 Å². The van der Waals surface area contributed by atoms with Crippen LogP contribution in [0.4, 0.5) is 9.59 Å². The monoisotopic (exact) mass is 658 g/mol. The Balaban J connectivity index is 0.000000201. The van der Waals surface area contributed by atoms with Crippen LogP contribution in [-0.2, 0) is 9.47 Å². The third-order valence-corrected chi connectivity index (χ3v) is 7.27. The number of benzene rings is 2. The second-order valence-corrected chi connectivity index (χ2v) is 12.4. The summed E-state index contributed by atoms with van der Waals surface area (Å²) in [5, 5.41) is 3.01. The highest BCUT2D eigenvalue weighted by atomic mass is 79.9. The number of ether oxygens (including phenoxy) is 2. The van der Waals surface area contributed by atoms with Gasteiger partial charge in [-0.15, -0.1) is 0 Å². The summed E-state index contributed by atoms with van der Waals surface area (Å²) in [4.78, 5) is 24.0. The maximum Gasteiger partial charge on any atom is 0.418 e. The average molecular weight is 661 g/mol. The van der Waals surface area contributed by atoms with Crippen molar-refractivity contribution in [2.45, 2.75) is 52.7 Å². The van der Waals surface area contributed by atoms with Gasteiger partial charge in [0.1, 0.15) is 11.2 Å². The van der Waals surface area contributed by atoms with Gasteiger partial charge in [0.25, 0.3) is 0 Å². The van der Waals surface area contributed by atoms with Crippen molar-refractivity contribution < 1.29 is 19.1 Å². The van der Waals surface area contributed by atoms with E-state index in [1.54, 1.807) is 24.5 Å². The fraction of sp³-hybridized carbons (Fsp3) is 0.308. The van der Waals surface area contributed by atoms with Crippen LogP contribution in [0.1, 0.15) is 41.5 Å². The number of rotatable bonds is 0. The van der Waals surface area contributed by atoms with Gasteiger partial charge >= 0.3 is 12.2 Å². The molecule has 0 bridgehead atoms. The molecule has 10 heteroatoms. The molecule has 36 heavy (non-hydrogen) atoms. The Kier molecular flexibility index (Phi) is 8.55. The minimum absolute atomic E-state index is 0.397. The number of hydrogen-bond acceptors (Lipinski definition) is 4. The van der Waals surface area contributed by atoms with Gasteiger partial charge in [-0.2, -0.15) is 0 Å². The van der Waals surface area contributed by atoms with Gasteiger partial charge in [0.2, 0.25) is 0 Å².